The Morgan fingerprint density at radius 1 is 1.24 bits per heavy atom. The van der Waals surface area contributed by atoms with Crippen LogP contribution in [0.1, 0.15) is 11.4 Å². The number of nitrogens with zero attached hydrogens (tertiary/aromatic N) is 3. The van der Waals surface area contributed by atoms with E-state index in [1.165, 1.54) is 0 Å². The predicted octanol–water partition coefficient (Wildman–Crippen LogP) is 3.70. The van der Waals surface area contributed by atoms with Gasteiger partial charge in [0.2, 0.25) is 5.91 Å². The zero-order valence-corrected chi connectivity index (χ0v) is 15.3. The summed E-state index contributed by atoms with van der Waals surface area (Å²) in [5.41, 5.74) is 3.56. The number of nitrogens with one attached hydrogen (secondary N) is 1. The van der Waals surface area contributed by atoms with Crippen molar-refractivity contribution in [1.82, 2.24) is 14.5 Å². The van der Waals surface area contributed by atoms with E-state index in [0.29, 0.717) is 11.6 Å². The number of aryl methyl sites for hydroxylation is 1. The minimum atomic E-state index is -0.0893. The van der Waals surface area contributed by atoms with Gasteiger partial charge in [-0.1, -0.05) is 23.7 Å². The number of aromatic nitrogens is 2. The zero-order valence-electron chi connectivity index (χ0n) is 14.6. The van der Waals surface area contributed by atoms with Crippen molar-refractivity contribution in [3.63, 3.8) is 0 Å². The molecular weight excluding hydrogens is 336 g/mol. The third-order valence-electron chi connectivity index (χ3n) is 3.96. The SMILES string of the molecule is Cc1cc(Cl)ccc1NC(=O)Cn1c(CN(C)C)nc2ccccc21. The fraction of sp³-hybridized carbons (Fsp3) is 0.263. The maximum Gasteiger partial charge on any atom is 0.244 e. The molecule has 0 saturated heterocycles. The van der Waals surface area contributed by atoms with Crippen LogP contribution >= 0.6 is 11.6 Å². The van der Waals surface area contributed by atoms with Gasteiger partial charge in [-0.15, -0.1) is 0 Å². The third kappa shape index (κ3) is 4.00. The summed E-state index contributed by atoms with van der Waals surface area (Å²) >= 11 is 5.97. The average molecular weight is 357 g/mol. The van der Waals surface area contributed by atoms with Crippen LogP contribution < -0.4 is 5.32 Å². The van der Waals surface area contributed by atoms with Crippen LogP contribution in [0.4, 0.5) is 5.69 Å². The fourth-order valence-electron chi connectivity index (χ4n) is 2.81. The first kappa shape index (κ1) is 17.5. The van der Waals surface area contributed by atoms with Gasteiger partial charge in [-0.05, 0) is 56.9 Å². The monoisotopic (exact) mass is 356 g/mol. The number of para-hydroxylation sites is 2. The van der Waals surface area contributed by atoms with Crippen LogP contribution in [0.25, 0.3) is 11.0 Å². The molecule has 0 aliphatic rings. The van der Waals surface area contributed by atoms with Crippen molar-refractivity contribution in [2.45, 2.75) is 20.0 Å². The molecule has 0 saturated carbocycles. The minimum Gasteiger partial charge on any atom is -0.324 e. The zero-order chi connectivity index (χ0) is 18.0. The number of rotatable bonds is 5. The van der Waals surface area contributed by atoms with Gasteiger partial charge >= 0.3 is 0 Å². The quantitative estimate of drug-likeness (QED) is 0.758. The first-order valence-electron chi connectivity index (χ1n) is 8.09. The van der Waals surface area contributed by atoms with Gasteiger partial charge in [0.05, 0.1) is 17.6 Å². The molecule has 1 N–H and O–H groups in total. The average Bonchev–Trinajstić information content (AvgIpc) is 2.87. The van der Waals surface area contributed by atoms with Gasteiger partial charge in [-0.2, -0.15) is 0 Å². The van der Waals surface area contributed by atoms with Crippen molar-refractivity contribution < 1.29 is 4.79 Å². The fourth-order valence-corrected chi connectivity index (χ4v) is 3.03. The van der Waals surface area contributed by atoms with E-state index in [9.17, 15) is 4.79 Å². The molecule has 6 heteroatoms. The van der Waals surface area contributed by atoms with Crippen molar-refractivity contribution in [2.75, 3.05) is 19.4 Å². The van der Waals surface area contributed by atoms with Gasteiger partial charge in [0, 0.05) is 10.7 Å². The Morgan fingerprint density at radius 2 is 2.00 bits per heavy atom. The lowest BCUT2D eigenvalue weighted by Crippen LogP contribution is -2.22. The van der Waals surface area contributed by atoms with Crippen molar-refractivity contribution in [3.05, 3.63) is 58.9 Å². The number of benzene rings is 2. The normalized spacial score (nSPS) is 11.2. The number of carbonyl (C=O) groups excluding carboxylic acids is 1. The minimum absolute atomic E-state index is 0.0893. The van der Waals surface area contributed by atoms with Gasteiger partial charge in [-0.25, -0.2) is 4.98 Å². The topological polar surface area (TPSA) is 50.2 Å². The maximum absolute atomic E-state index is 12.6. The van der Waals surface area contributed by atoms with Gasteiger partial charge < -0.3 is 14.8 Å². The number of halogens is 1. The Bertz CT molecular complexity index is 917. The number of hydrogen-bond donors (Lipinski definition) is 1. The van der Waals surface area contributed by atoms with E-state index in [1.807, 2.05) is 66.9 Å². The largest absolute Gasteiger partial charge is 0.324 e. The molecular formula is C19H21ClN4O. The van der Waals surface area contributed by atoms with Crippen LogP contribution in [0.3, 0.4) is 0 Å². The number of hydrogen-bond acceptors (Lipinski definition) is 3. The summed E-state index contributed by atoms with van der Waals surface area (Å²) in [4.78, 5) is 19.3. The van der Waals surface area contributed by atoms with E-state index in [2.05, 4.69) is 10.3 Å². The molecule has 0 spiro atoms. The van der Waals surface area contributed by atoms with Crippen LogP contribution in [0.15, 0.2) is 42.5 Å². The Kier molecular flexibility index (Phi) is 5.06. The first-order valence-corrected chi connectivity index (χ1v) is 8.46. The lowest BCUT2D eigenvalue weighted by atomic mass is 10.2. The molecule has 0 aliphatic heterocycles. The predicted molar refractivity (Wildman–Crippen MR) is 102 cm³/mol. The van der Waals surface area contributed by atoms with Crippen molar-refractivity contribution in [1.29, 1.82) is 0 Å². The first-order chi connectivity index (χ1) is 11.9. The molecule has 0 atom stereocenters. The third-order valence-corrected chi connectivity index (χ3v) is 4.19. The smallest absolute Gasteiger partial charge is 0.244 e. The Labute approximate surface area is 152 Å². The Balaban J connectivity index is 1.87. The number of carbonyl (C=O) groups is 1. The molecule has 25 heavy (non-hydrogen) atoms. The highest BCUT2D eigenvalue weighted by Gasteiger charge is 2.14. The number of amides is 1. The molecule has 0 radical (unpaired) electrons. The summed E-state index contributed by atoms with van der Waals surface area (Å²) in [5.74, 6) is 0.780. The highest BCUT2D eigenvalue weighted by molar-refractivity contribution is 6.30. The maximum atomic E-state index is 12.6. The summed E-state index contributed by atoms with van der Waals surface area (Å²) in [6, 6.07) is 13.3. The van der Waals surface area contributed by atoms with Crippen LogP contribution in [-0.4, -0.2) is 34.5 Å². The molecule has 3 aromatic rings. The van der Waals surface area contributed by atoms with Crippen LogP contribution in [0.5, 0.6) is 0 Å². The van der Waals surface area contributed by atoms with Crippen molar-refractivity contribution in [2.24, 2.45) is 0 Å². The second kappa shape index (κ2) is 7.25. The van der Waals surface area contributed by atoms with Gasteiger partial charge in [0.15, 0.2) is 0 Å². The van der Waals surface area contributed by atoms with E-state index >= 15 is 0 Å². The summed E-state index contributed by atoms with van der Waals surface area (Å²) < 4.78 is 1.97. The molecule has 0 bridgehead atoms. The van der Waals surface area contributed by atoms with E-state index in [-0.39, 0.29) is 12.5 Å². The molecule has 3 rings (SSSR count). The molecule has 1 aromatic heterocycles. The van der Waals surface area contributed by atoms with Crippen molar-refractivity contribution >= 4 is 34.2 Å². The Morgan fingerprint density at radius 3 is 2.72 bits per heavy atom. The van der Waals surface area contributed by atoms with Crippen LogP contribution in [0, 0.1) is 6.92 Å². The molecule has 2 aromatic carbocycles. The molecule has 1 heterocycles. The van der Waals surface area contributed by atoms with Gasteiger partial charge in [0.1, 0.15) is 12.4 Å². The summed E-state index contributed by atoms with van der Waals surface area (Å²) in [6.07, 6.45) is 0. The van der Waals surface area contributed by atoms with E-state index in [1.54, 1.807) is 6.07 Å². The van der Waals surface area contributed by atoms with Gasteiger partial charge in [-0.3, -0.25) is 4.79 Å². The van der Waals surface area contributed by atoms with Crippen LogP contribution in [0.2, 0.25) is 5.02 Å². The summed E-state index contributed by atoms with van der Waals surface area (Å²) in [7, 11) is 3.97. The standard InChI is InChI=1S/C19H21ClN4O/c1-13-10-14(20)8-9-15(13)22-19(25)12-24-17-7-5-4-6-16(17)21-18(24)11-23(2)3/h4-10H,11-12H2,1-3H3,(H,22,25). The Hall–Kier alpha value is -2.37. The summed E-state index contributed by atoms with van der Waals surface area (Å²) in [6.45, 7) is 2.80. The molecule has 1 amide bonds. The lowest BCUT2D eigenvalue weighted by molar-refractivity contribution is -0.116. The molecule has 0 fully saturated rings. The summed E-state index contributed by atoms with van der Waals surface area (Å²) in [5, 5.41) is 3.62. The van der Waals surface area contributed by atoms with E-state index in [4.69, 9.17) is 11.6 Å². The highest BCUT2D eigenvalue weighted by Crippen LogP contribution is 2.21. The van der Waals surface area contributed by atoms with Crippen molar-refractivity contribution in [3.8, 4) is 0 Å². The van der Waals surface area contributed by atoms with E-state index in [0.717, 1.165) is 28.1 Å². The highest BCUT2D eigenvalue weighted by atomic mass is 35.5. The number of imidazole rings is 1. The molecule has 130 valence electrons. The molecule has 0 unspecified atom stereocenters. The number of fused-ring (bicyclic) bond motifs is 1. The number of anilines is 1. The van der Waals surface area contributed by atoms with Crippen LogP contribution in [-0.2, 0) is 17.9 Å². The second-order valence-corrected chi connectivity index (χ2v) is 6.78. The molecule has 0 aliphatic carbocycles. The molecule has 5 nitrogen and oxygen atoms in total. The van der Waals surface area contributed by atoms with E-state index < -0.39 is 0 Å². The second-order valence-electron chi connectivity index (χ2n) is 6.35. The lowest BCUT2D eigenvalue weighted by Gasteiger charge is -2.14. The van der Waals surface area contributed by atoms with Gasteiger partial charge in [0.25, 0.3) is 0 Å².